The molecule has 1 nitrogen and oxygen atoms in total. The van der Waals surface area contributed by atoms with Crippen LogP contribution in [-0.2, 0) is 6.42 Å². The molecule has 0 saturated heterocycles. The minimum atomic E-state index is 0.245. The third-order valence-corrected chi connectivity index (χ3v) is 3.99. The van der Waals surface area contributed by atoms with E-state index in [1.54, 1.807) is 0 Å². The standard InChI is InChI=1S/C19H24ClN/c1-3-4-5-7-16-10-12-19(13-11-16)21-15(2)17-8-6-9-18(20)14-17/h6,8-15,21H,3-5,7H2,1-2H3. The molecule has 0 amide bonds. The van der Waals surface area contributed by atoms with Crippen LogP contribution >= 0.6 is 11.6 Å². The molecule has 0 fully saturated rings. The van der Waals surface area contributed by atoms with Crippen LogP contribution in [0.4, 0.5) is 5.69 Å². The number of hydrogen-bond donors (Lipinski definition) is 1. The Hall–Kier alpha value is -1.47. The quantitative estimate of drug-likeness (QED) is 0.596. The van der Waals surface area contributed by atoms with Crippen molar-refractivity contribution in [2.75, 3.05) is 5.32 Å². The van der Waals surface area contributed by atoms with Gasteiger partial charge in [0.25, 0.3) is 0 Å². The lowest BCUT2D eigenvalue weighted by molar-refractivity contribution is 0.717. The largest absolute Gasteiger partial charge is 0.379 e. The number of nitrogens with one attached hydrogen (secondary N) is 1. The van der Waals surface area contributed by atoms with Crippen LogP contribution in [0.3, 0.4) is 0 Å². The first-order chi connectivity index (χ1) is 10.2. The number of rotatable bonds is 7. The molecule has 21 heavy (non-hydrogen) atoms. The summed E-state index contributed by atoms with van der Waals surface area (Å²) >= 11 is 6.05. The van der Waals surface area contributed by atoms with Crippen molar-refractivity contribution in [2.45, 2.75) is 45.6 Å². The van der Waals surface area contributed by atoms with Crippen LogP contribution in [0.1, 0.15) is 50.3 Å². The highest BCUT2D eigenvalue weighted by molar-refractivity contribution is 6.30. The average molecular weight is 302 g/mol. The molecule has 2 aromatic rings. The number of halogens is 1. The zero-order chi connectivity index (χ0) is 15.1. The molecule has 2 aromatic carbocycles. The van der Waals surface area contributed by atoms with E-state index in [2.05, 4.69) is 49.5 Å². The minimum absolute atomic E-state index is 0.245. The van der Waals surface area contributed by atoms with E-state index < -0.39 is 0 Å². The lowest BCUT2D eigenvalue weighted by Gasteiger charge is -2.16. The van der Waals surface area contributed by atoms with E-state index in [1.165, 1.54) is 36.8 Å². The minimum Gasteiger partial charge on any atom is -0.379 e. The second kappa shape index (κ2) is 8.09. The van der Waals surface area contributed by atoms with E-state index in [0.717, 1.165) is 10.7 Å². The van der Waals surface area contributed by atoms with Gasteiger partial charge in [0.2, 0.25) is 0 Å². The molecule has 2 rings (SSSR count). The van der Waals surface area contributed by atoms with Gasteiger partial charge in [0.15, 0.2) is 0 Å². The highest BCUT2D eigenvalue weighted by Crippen LogP contribution is 2.22. The number of hydrogen-bond acceptors (Lipinski definition) is 1. The zero-order valence-electron chi connectivity index (χ0n) is 12.9. The molecule has 0 saturated carbocycles. The first-order valence-corrected chi connectivity index (χ1v) is 8.18. The maximum Gasteiger partial charge on any atom is 0.0486 e. The van der Waals surface area contributed by atoms with Crippen LogP contribution in [0.5, 0.6) is 0 Å². The van der Waals surface area contributed by atoms with Gasteiger partial charge in [-0.05, 0) is 55.2 Å². The molecule has 1 N–H and O–H groups in total. The summed E-state index contributed by atoms with van der Waals surface area (Å²) in [4.78, 5) is 0. The van der Waals surface area contributed by atoms with Gasteiger partial charge >= 0.3 is 0 Å². The van der Waals surface area contributed by atoms with Crippen LogP contribution < -0.4 is 5.32 Å². The van der Waals surface area contributed by atoms with Gasteiger partial charge in [0, 0.05) is 16.8 Å². The van der Waals surface area contributed by atoms with Crippen LogP contribution in [0.25, 0.3) is 0 Å². The van der Waals surface area contributed by atoms with E-state index in [0.29, 0.717) is 0 Å². The van der Waals surface area contributed by atoms with Gasteiger partial charge in [-0.2, -0.15) is 0 Å². The van der Waals surface area contributed by atoms with Crippen LogP contribution in [-0.4, -0.2) is 0 Å². The van der Waals surface area contributed by atoms with Crippen molar-refractivity contribution in [3.8, 4) is 0 Å². The number of anilines is 1. The van der Waals surface area contributed by atoms with E-state index in [4.69, 9.17) is 11.6 Å². The van der Waals surface area contributed by atoms with Gasteiger partial charge in [-0.25, -0.2) is 0 Å². The Balaban J connectivity index is 1.93. The Bertz CT molecular complexity index is 548. The van der Waals surface area contributed by atoms with Gasteiger partial charge in [0.05, 0.1) is 0 Å². The molecule has 112 valence electrons. The zero-order valence-corrected chi connectivity index (χ0v) is 13.7. The van der Waals surface area contributed by atoms with Crippen molar-refractivity contribution in [3.63, 3.8) is 0 Å². The Morgan fingerprint density at radius 3 is 2.48 bits per heavy atom. The summed E-state index contributed by atoms with van der Waals surface area (Å²) in [6.07, 6.45) is 5.04. The molecule has 0 aliphatic carbocycles. The number of benzene rings is 2. The van der Waals surface area contributed by atoms with Crippen molar-refractivity contribution in [3.05, 3.63) is 64.7 Å². The normalized spacial score (nSPS) is 12.1. The summed E-state index contributed by atoms with van der Waals surface area (Å²) in [7, 11) is 0. The Morgan fingerprint density at radius 1 is 1.05 bits per heavy atom. The molecule has 0 aromatic heterocycles. The second-order valence-electron chi connectivity index (χ2n) is 5.58. The molecule has 0 heterocycles. The smallest absolute Gasteiger partial charge is 0.0486 e. The summed E-state index contributed by atoms with van der Waals surface area (Å²) in [6.45, 7) is 4.39. The SMILES string of the molecule is CCCCCc1ccc(NC(C)c2cccc(Cl)c2)cc1. The van der Waals surface area contributed by atoms with Crippen molar-refractivity contribution >= 4 is 17.3 Å². The van der Waals surface area contributed by atoms with E-state index >= 15 is 0 Å². The fourth-order valence-electron chi connectivity index (χ4n) is 2.46. The second-order valence-corrected chi connectivity index (χ2v) is 6.01. The van der Waals surface area contributed by atoms with Crippen LogP contribution in [0, 0.1) is 0 Å². The van der Waals surface area contributed by atoms with Crippen molar-refractivity contribution in [1.82, 2.24) is 0 Å². The Labute approximate surface area is 133 Å². The molecule has 1 atom stereocenters. The highest BCUT2D eigenvalue weighted by atomic mass is 35.5. The molecular weight excluding hydrogens is 278 g/mol. The molecule has 2 heteroatoms. The monoisotopic (exact) mass is 301 g/mol. The predicted octanol–water partition coefficient (Wildman–Crippen LogP) is 6.25. The van der Waals surface area contributed by atoms with E-state index in [9.17, 15) is 0 Å². The third kappa shape index (κ3) is 5.09. The topological polar surface area (TPSA) is 12.0 Å². The summed E-state index contributed by atoms with van der Waals surface area (Å²) in [5.41, 5.74) is 3.78. The van der Waals surface area contributed by atoms with Crippen molar-refractivity contribution < 1.29 is 0 Å². The summed E-state index contributed by atoms with van der Waals surface area (Å²) in [5.74, 6) is 0. The van der Waals surface area contributed by atoms with Crippen LogP contribution in [0.2, 0.25) is 5.02 Å². The third-order valence-electron chi connectivity index (χ3n) is 3.75. The summed E-state index contributed by atoms with van der Waals surface area (Å²) in [5, 5.41) is 4.31. The fraction of sp³-hybridized carbons (Fsp3) is 0.368. The Kier molecular flexibility index (Phi) is 6.13. The summed E-state index contributed by atoms with van der Waals surface area (Å²) in [6, 6.07) is 17.0. The molecule has 0 bridgehead atoms. The van der Waals surface area contributed by atoms with Gasteiger partial charge in [0.1, 0.15) is 0 Å². The molecule has 0 aliphatic rings. The molecule has 1 unspecified atom stereocenters. The maximum atomic E-state index is 6.05. The predicted molar refractivity (Wildman–Crippen MR) is 93.2 cm³/mol. The van der Waals surface area contributed by atoms with Crippen molar-refractivity contribution in [2.24, 2.45) is 0 Å². The highest BCUT2D eigenvalue weighted by Gasteiger charge is 2.05. The van der Waals surface area contributed by atoms with E-state index in [-0.39, 0.29) is 6.04 Å². The molecule has 0 radical (unpaired) electrons. The molecule has 0 aliphatic heterocycles. The number of unbranched alkanes of at least 4 members (excludes halogenated alkanes) is 2. The Morgan fingerprint density at radius 2 is 1.81 bits per heavy atom. The first-order valence-electron chi connectivity index (χ1n) is 7.80. The van der Waals surface area contributed by atoms with Gasteiger partial charge in [-0.15, -0.1) is 0 Å². The van der Waals surface area contributed by atoms with Crippen LogP contribution in [0.15, 0.2) is 48.5 Å². The van der Waals surface area contributed by atoms with Gasteiger partial charge in [-0.1, -0.05) is 55.6 Å². The van der Waals surface area contributed by atoms with Gasteiger partial charge < -0.3 is 5.32 Å². The maximum absolute atomic E-state index is 6.05. The lowest BCUT2D eigenvalue weighted by Crippen LogP contribution is -2.06. The van der Waals surface area contributed by atoms with E-state index in [1.807, 2.05) is 18.2 Å². The van der Waals surface area contributed by atoms with Crippen molar-refractivity contribution in [1.29, 1.82) is 0 Å². The number of aryl methyl sites for hydroxylation is 1. The first kappa shape index (κ1) is 15.9. The summed E-state index contributed by atoms with van der Waals surface area (Å²) < 4.78 is 0. The molecule has 0 spiro atoms. The van der Waals surface area contributed by atoms with Gasteiger partial charge in [-0.3, -0.25) is 0 Å². The molecular formula is C19H24ClN. The lowest BCUT2D eigenvalue weighted by atomic mass is 10.1. The fourth-order valence-corrected chi connectivity index (χ4v) is 2.65. The average Bonchev–Trinajstić information content (AvgIpc) is 2.49.